The second-order valence-electron chi connectivity index (χ2n) is 7.47. The predicted molar refractivity (Wildman–Crippen MR) is 101 cm³/mol. The van der Waals surface area contributed by atoms with Crippen LogP contribution in [0.5, 0.6) is 0 Å². The highest BCUT2D eigenvalue weighted by Crippen LogP contribution is 2.36. The minimum atomic E-state index is 0.0702. The average molecular weight is 383 g/mol. The number of carbonyl (C=O) groups is 1. The van der Waals surface area contributed by atoms with Crippen molar-refractivity contribution in [3.63, 3.8) is 0 Å². The monoisotopic (exact) mass is 383 g/mol. The van der Waals surface area contributed by atoms with E-state index in [1.165, 1.54) is 0 Å². The largest absolute Gasteiger partial charge is 0.361 e. The smallest absolute Gasteiger partial charge is 0.220 e. The first kappa shape index (κ1) is 18.4. The van der Waals surface area contributed by atoms with Crippen molar-refractivity contribution in [2.75, 3.05) is 0 Å². The van der Waals surface area contributed by atoms with Crippen molar-refractivity contribution in [2.24, 2.45) is 7.05 Å². The molecule has 0 atom stereocenters. The van der Waals surface area contributed by atoms with Gasteiger partial charge in [-0.2, -0.15) is 5.10 Å². The van der Waals surface area contributed by atoms with Gasteiger partial charge in [0.2, 0.25) is 5.91 Å². The molecule has 148 valence electrons. The van der Waals surface area contributed by atoms with Gasteiger partial charge in [0.15, 0.2) is 5.82 Å². The summed E-state index contributed by atoms with van der Waals surface area (Å²) in [4.78, 5) is 12.3. The Bertz CT molecular complexity index is 932. The van der Waals surface area contributed by atoms with Crippen LogP contribution in [-0.4, -0.2) is 41.7 Å². The molecule has 3 aromatic rings. The fourth-order valence-corrected chi connectivity index (χ4v) is 3.75. The lowest BCUT2D eigenvalue weighted by atomic mass is 9.79. The maximum absolute atomic E-state index is 12.3. The highest BCUT2D eigenvalue weighted by Gasteiger charge is 2.34. The van der Waals surface area contributed by atoms with Gasteiger partial charge in [-0.05, 0) is 39.2 Å². The molecule has 0 aromatic carbocycles. The Hall–Kier alpha value is -2.97. The van der Waals surface area contributed by atoms with Crippen molar-refractivity contribution in [3.8, 4) is 0 Å². The first-order chi connectivity index (χ1) is 13.5. The number of aryl methyl sites for hydroxylation is 2. The van der Waals surface area contributed by atoms with E-state index in [4.69, 9.17) is 4.52 Å². The van der Waals surface area contributed by atoms with Gasteiger partial charge >= 0.3 is 0 Å². The van der Waals surface area contributed by atoms with E-state index in [2.05, 4.69) is 25.8 Å². The molecule has 3 aromatic heterocycles. The van der Waals surface area contributed by atoms with Crippen LogP contribution in [0.15, 0.2) is 23.0 Å². The van der Waals surface area contributed by atoms with E-state index in [1.807, 2.05) is 42.4 Å². The molecule has 9 heteroatoms. The lowest BCUT2D eigenvalue weighted by Gasteiger charge is -2.35. The third kappa shape index (κ3) is 3.69. The lowest BCUT2D eigenvalue weighted by molar-refractivity contribution is -0.122. The molecular weight excluding hydrogens is 358 g/mol. The molecule has 3 heterocycles. The maximum Gasteiger partial charge on any atom is 0.220 e. The van der Waals surface area contributed by atoms with E-state index >= 15 is 0 Å². The van der Waals surface area contributed by atoms with Gasteiger partial charge in [-0.25, -0.2) is 0 Å². The molecule has 0 saturated heterocycles. The zero-order valence-electron chi connectivity index (χ0n) is 16.4. The van der Waals surface area contributed by atoms with Gasteiger partial charge in [-0.1, -0.05) is 5.16 Å². The molecule has 1 N–H and O–H groups in total. The number of nitrogens with one attached hydrogen (secondary N) is 1. The van der Waals surface area contributed by atoms with Crippen molar-refractivity contribution in [2.45, 2.75) is 58.0 Å². The van der Waals surface area contributed by atoms with Crippen molar-refractivity contribution in [1.29, 1.82) is 0 Å². The number of nitrogens with zero attached hydrogens (tertiary/aromatic N) is 6. The van der Waals surface area contributed by atoms with E-state index in [0.29, 0.717) is 25.3 Å². The zero-order chi connectivity index (χ0) is 19.7. The van der Waals surface area contributed by atoms with Crippen LogP contribution in [0.25, 0.3) is 0 Å². The van der Waals surface area contributed by atoms with E-state index in [-0.39, 0.29) is 11.9 Å². The summed E-state index contributed by atoms with van der Waals surface area (Å²) in [5, 5.41) is 19.9. The van der Waals surface area contributed by atoms with E-state index in [9.17, 15) is 4.79 Å². The number of aromatic nitrogens is 6. The summed E-state index contributed by atoms with van der Waals surface area (Å²) in [6, 6.07) is 2.09. The molecule has 1 aliphatic rings. The van der Waals surface area contributed by atoms with Crippen LogP contribution in [-0.2, 0) is 24.8 Å². The molecule has 0 radical (unpaired) electrons. The van der Waals surface area contributed by atoms with Gasteiger partial charge in [0.25, 0.3) is 0 Å². The number of hydrogen-bond donors (Lipinski definition) is 1. The van der Waals surface area contributed by atoms with Gasteiger partial charge in [0.1, 0.15) is 18.1 Å². The standard InChI is InChI=1S/C19H25N7O2/c1-12-16(13(2)28-24-12)5-6-18(27)21-15-9-14(10-15)19-23-22-17(25(19)3)11-26-8-4-7-20-26/h4,7-8,14-15H,5-6,9-11H2,1-3H3,(H,21,27). The number of amides is 1. The van der Waals surface area contributed by atoms with Gasteiger partial charge in [-0.3, -0.25) is 9.48 Å². The Kier molecular flexibility index (Phi) is 4.97. The lowest BCUT2D eigenvalue weighted by Crippen LogP contribution is -2.44. The highest BCUT2D eigenvalue weighted by atomic mass is 16.5. The fraction of sp³-hybridized carbons (Fsp3) is 0.526. The SMILES string of the molecule is Cc1noc(C)c1CCC(=O)NC1CC(c2nnc(Cn3cccn3)n2C)C1. The Morgan fingerprint density at radius 2 is 2.14 bits per heavy atom. The molecule has 0 spiro atoms. The summed E-state index contributed by atoms with van der Waals surface area (Å²) < 4.78 is 9.02. The van der Waals surface area contributed by atoms with E-state index in [0.717, 1.165) is 41.5 Å². The predicted octanol–water partition coefficient (Wildman–Crippen LogP) is 1.66. The molecule has 0 bridgehead atoms. The summed E-state index contributed by atoms with van der Waals surface area (Å²) in [6.07, 6.45) is 6.55. The second-order valence-corrected chi connectivity index (χ2v) is 7.47. The Morgan fingerprint density at radius 3 is 2.82 bits per heavy atom. The van der Waals surface area contributed by atoms with Gasteiger partial charge in [-0.15, -0.1) is 10.2 Å². The van der Waals surface area contributed by atoms with Crippen LogP contribution in [0, 0.1) is 13.8 Å². The van der Waals surface area contributed by atoms with Crippen LogP contribution >= 0.6 is 0 Å². The van der Waals surface area contributed by atoms with Gasteiger partial charge in [0, 0.05) is 43.4 Å². The molecule has 28 heavy (non-hydrogen) atoms. The van der Waals surface area contributed by atoms with Crippen LogP contribution < -0.4 is 5.32 Å². The molecule has 9 nitrogen and oxygen atoms in total. The number of hydrogen-bond acceptors (Lipinski definition) is 6. The molecule has 0 unspecified atom stereocenters. The van der Waals surface area contributed by atoms with Crippen LogP contribution in [0.4, 0.5) is 0 Å². The van der Waals surface area contributed by atoms with E-state index < -0.39 is 0 Å². The van der Waals surface area contributed by atoms with Crippen molar-refractivity contribution in [1.82, 2.24) is 35.0 Å². The zero-order valence-corrected chi connectivity index (χ0v) is 16.4. The summed E-state index contributed by atoms with van der Waals surface area (Å²) >= 11 is 0. The molecule has 1 saturated carbocycles. The summed E-state index contributed by atoms with van der Waals surface area (Å²) in [5.74, 6) is 3.05. The van der Waals surface area contributed by atoms with Gasteiger partial charge in [0.05, 0.1) is 5.69 Å². The third-order valence-electron chi connectivity index (χ3n) is 5.51. The van der Waals surface area contributed by atoms with Crippen molar-refractivity contribution in [3.05, 3.63) is 47.1 Å². The average Bonchev–Trinajstić information content (AvgIpc) is 3.34. The third-order valence-corrected chi connectivity index (χ3v) is 5.51. The Morgan fingerprint density at radius 1 is 1.32 bits per heavy atom. The van der Waals surface area contributed by atoms with Crippen molar-refractivity contribution >= 4 is 5.91 Å². The minimum Gasteiger partial charge on any atom is -0.361 e. The Balaban J connectivity index is 1.25. The van der Waals surface area contributed by atoms with Crippen LogP contribution in [0.1, 0.15) is 53.8 Å². The van der Waals surface area contributed by atoms with E-state index in [1.54, 1.807) is 6.20 Å². The number of carbonyl (C=O) groups excluding carboxylic acids is 1. The van der Waals surface area contributed by atoms with Crippen molar-refractivity contribution < 1.29 is 9.32 Å². The topological polar surface area (TPSA) is 104 Å². The molecule has 1 fully saturated rings. The second kappa shape index (κ2) is 7.57. The normalized spacial score (nSPS) is 18.8. The van der Waals surface area contributed by atoms with Crippen LogP contribution in [0.3, 0.4) is 0 Å². The Labute approximate surface area is 163 Å². The molecule has 4 rings (SSSR count). The summed E-state index contributed by atoms with van der Waals surface area (Å²) in [6.45, 7) is 4.39. The maximum atomic E-state index is 12.3. The fourth-order valence-electron chi connectivity index (χ4n) is 3.75. The molecule has 0 aliphatic heterocycles. The molecule has 1 amide bonds. The quantitative estimate of drug-likeness (QED) is 0.665. The highest BCUT2D eigenvalue weighted by molar-refractivity contribution is 5.76. The minimum absolute atomic E-state index is 0.0702. The first-order valence-electron chi connectivity index (χ1n) is 9.58. The van der Waals surface area contributed by atoms with Crippen LogP contribution in [0.2, 0.25) is 0 Å². The summed E-state index contributed by atoms with van der Waals surface area (Å²) in [7, 11) is 1.99. The molecule has 1 aliphatic carbocycles. The molecular formula is C19H25N7O2. The number of rotatable bonds is 7. The first-order valence-corrected chi connectivity index (χ1v) is 9.58. The van der Waals surface area contributed by atoms with Gasteiger partial charge < -0.3 is 14.4 Å². The summed E-state index contributed by atoms with van der Waals surface area (Å²) in [5.41, 5.74) is 1.90.